The molecule has 1 aliphatic carbocycles. The Labute approximate surface area is 253 Å². The molecule has 6 rings (SSSR count). The quantitative estimate of drug-likeness (QED) is 0.257. The van der Waals surface area contributed by atoms with Gasteiger partial charge in [-0.3, -0.25) is 0 Å². The average Bonchev–Trinajstić information content (AvgIpc) is 3.71. The van der Waals surface area contributed by atoms with Crippen LogP contribution < -0.4 is 5.69 Å². The Morgan fingerprint density at radius 2 is 1.64 bits per heavy atom. The van der Waals surface area contributed by atoms with E-state index in [-0.39, 0.29) is 11.9 Å². The van der Waals surface area contributed by atoms with Gasteiger partial charge in [-0.15, -0.1) is 5.10 Å². The third-order valence-corrected chi connectivity index (χ3v) is 7.95. The highest BCUT2D eigenvalue weighted by molar-refractivity contribution is 5.96. The van der Waals surface area contributed by atoms with Gasteiger partial charge < -0.3 is 24.2 Å². The average molecular weight is 635 g/mol. The number of nitrogens with zero attached hydrogens (tertiary/aromatic N) is 6. The standard InChI is InChI=1S/C28H30F2N6O2.C2HF3O2/c1-32(2)13-17-4-7-20(10-17)34-15-26(22-12-19(30)6-9-25(22)34)36-27(31-35(16-37)28(36)38)23-14-33(3)24-8-5-18(29)11-21(23)24;3-2(4,5)1(6)7/h5-6,8-9,11-12,14-15,17,20,37H,4,7,10,13,16H2,1-3H3;(H,6,7)/t17-,20+;/m1./s1. The molecule has 1 aliphatic rings. The first-order valence-electron chi connectivity index (χ1n) is 14.0. The van der Waals surface area contributed by atoms with Crippen LogP contribution in [0.4, 0.5) is 22.0 Å². The van der Waals surface area contributed by atoms with Crippen LogP contribution in [0, 0.1) is 17.6 Å². The first kappa shape index (κ1) is 31.9. The Kier molecular flexibility index (Phi) is 8.60. The fourth-order valence-electron chi connectivity index (χ4n) is 6.11. The van der Waals surface area contributed by atoms with Gasteiger partial charge >= 0.3 is 17.8 Å². The minimum atomic E-state index is -5.08. The Balaban J connectivity index is 0.000000515. The molecule has 0 aliphatic heterocycles. The lowest BCUT2D eigenvalue weighted by molar-refractivity contribution is -0.192. The lowest BCUT2D eigenvalue weighted by Gasteiger charge is -2.17. The van der Waals surface area contributed by atoms with Gasteiger partial charge in [-0.25, -0.2) is 22.9 Å². The van der Waals surface area contributed by atoms with E-state index in [9.17, 15) is 31.9 Å². The van der Waals surface area contributed by atoms with E-state index in [4.69, 9.17) is 9.90 Å². The molecule has 0 radical (unpaired) electrons. The maximum absolute atomic E-state index is 14.6. The van der Waals surface area contributed by atoms with Crippen LogP contribution in [-0.4, -0.2) is 71.4 Å². The summed E-state index contributed by atoms with van der Waals surface area (Å²) in [6, 6.07) is 9.29. The monoisotopic (exact) mass is 634 g/mol. The van der Waals surface area contributed by atoms with Crippen LogP contribution in [-0.2, 0) is 18.6 Å². The van der Waals surface area contributed by atoms with Crippen LogP contribution in [0.1, 0.15) is 25.3 Å². The maximum Gasteiger partial charge on any atom is 0.490 e. The molecule has 15 heteroatoms. The van der Waals surface area contributed by atoms with E-state index >= 15 is 0 Å². The maximum atomic E-state index is 14.6. The predicted octanol–water partition coefficient (Wildman–Crippen LogP) is 4.91. The molecule has 2 N–H and O–H groups in total. The number of fused-ring (bicyclic) bond motifs is 2. The van der Waals surface area contributed by atoms with Gasteiger partial charge in [0.05, 0.1) is 11.2 Å². The largest absolute Gasteiger partial charge is 0.490 e. The van der Waals surface area contributed by atoms with Crippen molar-refractivity contribution in [2.45, 2.75) is 38.2 Å². The molecule has 0 bridgehead atoms. The fourth-order valence-corrected chi connectivity index (χ4v) is 6.11. The van der Waals surface area contributed by atoms with Crippen molar-refractivity contribution in [2.24, 2.45) is 13.0 Å². The van der Waals surface area contributed by atoms with Crippen molar-refractivity contribution < 1.29 is 37.0 Å². The number of hydrogen-bond acceptors (Lipinski definition) is 5. The van der Waals surface area contributed by atoms with Crippen molar-refractivity contribution in [1.82, 2.24) is 28.4 Å². The Bertz CT molecular complexity index is 1940. The summed E-state index contributed by atoms with van der Waals surface area (Å²) in [7, 11) is 5.98. The summed E-state index contributed by atoms with van der Waals surface area (Å²) in [5.41, 5.74) is 2.05. The van der Waals surface area contributed by atoms with Gasteiger partial charge in [-0.2, -0.15) is 17.9 Å². The SMILES string of the molecule is CN(C)C[C@@H]1CC[C@H](n2cc(-n3c(-c4cn(C)c5ccc(F)cc45)nn(CO)c3=O)c3cc(F)ccc32)C1.O=C(O)C(F)(F)F. The molecule has 1 saturated carbocycles. The lowest BCUT2D eigenvalue weighted by atomic mass is 10.1. The second-order valence-corrected chi connectivity index (χ2v) is 11.4. The summed E-state index contributed by atoms with van der Waals surface area (Å²) in [5, 5.41) is 22.6. The highest BCUT2D eigenvalue weighted by atomic mass is 19.4. The zero-order valence-electron chi connectivity index (χ0n) is 24.6. The number of carbonyl (C=O) groups is 1. The van der Waals surface area contributed by atoms with Crippen molar-refractivity contribution >= 4 is 27.8 Å². The molecule has 3 heterocycles. The first-order chi connectivity index (χ1) is 21.2. The number of aliphatic hydroxyl groups is 1. The highest BCUT2D eigenvalue weighted by Gasteiger charge is 2.38. The molecule has 1 fully saturated rings. The molecule has 3 aromatic heterocycles. The smallest absolute Gasteiger partial charge is 0.475 e. The molecular formula is C30H31F5N6O4. The van der Waals surface area contributed by atoms with E-state index in [1.54, 1.807) is 18.3 Å². The Morgan fingerprint density at radius 3 is 2.24 bits per heavy atom. The Morgan fingerprint density at radius 1 is 1.02 bits per heavy atom. The molecule has 0 amide bonds. The molecule has 0 spiro atoms. The molecule has 5 aromatic rings. The zero-order valence-corrected chi connectivity index (χ0v) is 24.6. The van der Waals surface area contributed by atoms with E-state index in [0.717, 1.165) is 41.5 Å². The van der Waals surface area contributed by atoms with Gasteiger partial charge in [0.2, 0.25) is 0 Å². The second-order valence-electron chi connectivity index (χ2n) is 11.4. The molecule has 45 heavy (non-hydrogen) atoms. The van der Waals surface area contributed by atoms with Crippen molar-refractivity contribution in [3.8, 4) is 17.1 Å². The number of halogens is 5. The number of benzene rings is 2. The molecule has 0 saturated heterocycles. The fraction of sp³-hybridized carbons (Fsp3) is 0.367. The Hall–Kier alpha value is -4.50. The number of carboxylic acid groups (broad SMARTS) is 1. The molecule has 2 aromatic carbocycles. The summed E-state index contributed by atoms with van der Waals surface area (Å²) < 4.78 is 66.9. The number of aliphatic carboxylic acids is 1. The first-order valence-corrected chi connectivity index (χ1v) is 14.0. The van der Waals surface area contributed by atoms with Crippen LogP contribution in [0.5, 0.6) is 0 Å². The van der Waals surface area contributed by atoms with E-state index in [2.05, 4.69) is 28.7 Å². The number of carboxylic acids is 1. The summed E-state index contributed by atoms with van der Waals surface area (Å²) in [6.45, 7) is 0.376. The van der Waals surface area contributed by atoms with Crippen LogP contribution in [0.3, 0.4) is 0 Å². The summed E-state index contributed by atoms with van der Waals surface area (Å²) >= 11 is 0. The topological polar surface area (TPSA) is 110 Å². The normalized spacial score (nSPS) is 16.9. The van der Waals surface area contributed by atoms with E-state index < -0.39 is 36.2 Å². The van der Waals surface area contributed by atoms with Crippen molar-refractivity contribution in [2.75, 3.05) is 20.6 Å². The minimum absolute atomic E-state index is 0.209. The van der Waals surface area contributed by atoms with Crippen LogP contribution >= 0.6 is 0 Å². The van der Waals surface area contributed by atoms with Gasteiger partial charge in [0.15, 0.2) is 5.82 Å². The van der Waals surface area contributed by atoms with Crippen LogP contribution in [0.2, 0.25) is 0 Å². The number of aromatic nitrogens is 5. The third-order valence-electron chi connectivity index (χ3n) is 7.95. The van der Waals surface area contributed by atoms with Crippen molar-refractivity contribution in [3.05, 3.63) is 70.9 Å². The van der Waals surface area contributed by atoms with Gasteiger partial charge in [-0.1, -0.05) is 0 Å². The summed E-state index contributed by atoms with van der Waals surface area (Å²) in [6.07, 6.45) is 1.66. The van der Waals surface area contributed by atoms with Crippen molar-refractivity contribution in [3.63, 3.8) is 0 Å². The number of alkyl halides is 3. The van der Waals surface area contributed by atoms with E-state index in [1.165, 1.54) is 28.8 Å². The van der Waals surface area contributed by atoms with Crippen LogP contribution in [0.25, 0.3) is 38.9 Å². The van der Waals surface area contributed by atoms with Crippen molar-refractivity contribution in [1.29, 1.82) is 0 Å². The summed E-state index contributed by atoms with van der Waals surface area (Å²) in [5.74, 6) is -2.78. The molecular weight excluding hydrogens is 603 g/mol. The van der Waals surface area contributed by atoms with E-state index in [1.807, 2.05) is 17.8 Å². The molecule has 0 unspecified atom stereocenters. The van der Waals surface area contributed by atoms with Gasteiger partial charge in [-0.05, 0) is 75.7 Å². The predicted molar refractivity (Wildman–Crippen MR) is 156 cm³/mol. The highest BCUT2D eigenvalue weighted by Crippen LogP contribution is 2.40. The van der Waals surface area contributed by atoms with Gasteiger partial charge in [0, 0.05) is 53.9 Å². The van der Waals surface area contributed by atoms with Gasteiger partial charge in [0.1, 0.15) is 18.4 Å². The minimum Gasteiger partial charge on any atom is -0.475 e. The van der Waals surface area contributed by atoms with Gasteiger partial charge in [0.25, 0.3) is 0 Å². The number of hydrogen-bond donors (Lipinski definition) is 2. The molecule has 2 atom stereocenters. The van der Waals surface area contributed by atoms with Crippen LogP contribution in [0.15, 0.2) is 53.6 Å². The third kappa shape index (κ3) is 6.22. The second kappa shape index (κ2) is 12.1. The number of aliphatic hydroxyl groups excluding tert-OH is 1. The number of rotatable bonds is 6. The molecule has 240 valence electrons. The number of aryl methyl sites for hydroxylation is 1. The summed E-state index contributed by atoms with van der Waals surface area (Å²) in [4.78, 5) is 24.6. The zero-order chi connectivity index (χ0) is 32.8. The van der Waals surface area contributed by atoms with E-state index in [0.29, 0.717) is 27.9 Å². The lowest BCUT2D eigenvalue weighted by Crippen LogP contribution is -2.24. The molecule has 10 nitrogen and oxygen atoms in total.